The molecule has 0 aliphatic carbocycles. The molecule has 9 nitrogen and oxygen atoms in total. The van der Waals surface area contributed by atoms with Gasteiger partial charge in [-0.3, -0.25) is 14.9 Å². The molecule has 0 unspecified atom stereocenters. The van der Waals surface area contributed by atoms with Gasteiger partial charge in [0.1, 0.15) is 5.57 Å². The van der Waals surface area contributed by atoms with Crippen LogP contribution in [0.2, 0.25) is 5.02 Å². The molecule has 0 aromatic heterocycles. The maximum Gasteiger partial charge on any atom is 0.341 e. The number of carboxylic acid groups (broad SMARTS) is 1. The molecule has 2 aromatic carbocycles. The van der Waals surface area contributed by atoms with E-state index in [9.17, 15) is 19.2 Å². The molecule has 0 bridgehead atoms. The number of amides is 4. The summed E-state index contributed by atoms with van der Waals surface area (Å²) in [6.07, 6.45) is 1.30. The largest absolute Gasteiger partial charge is 0.493 e. The summed E-state index contributed by atoms with van der Waals surface area (Å²) in [6, 6.07) is 8.26. The van der Waals surface area contributed by atoms with Gasteiger partial charge in [0.2, 0.25) is 0 Å². The van der Waals surface area contributed by atoms with Crippen molar-refractivity contribution in [2.24, 2.45) is 0 Å². The Morgan fingerprint density at radius 2 is 2.00 bits per heavy atom. The minimum Gasteiger partial charge on any atom is -0.493 e. The second-order valence-electron chi connectivity index (χ2n) is 6.15. The second kappa shape index (κ2) is 9.35. The maximum atomic E-state index is 13.0. The van der Waals surface area contributed by atoms with Crippen LogP contribution >= 0.6 is 34.2 Å². The van der Waals surface area contributed by atoms with E-state index in [0.29, 0.717) is 14.2 Å². The molecule has 0 saturated carbocycles. The number of carbonyl (C=O) groups excluding carboxylic acids is 3. The Hall–Kier alpha value is -3.12. The Morgan fingerprint density at radius 3 is 2.65 bits per heavy atom. The Balaban J connectivity index is 2.00. The molecule has 160 valence electrons. The fraction of sp³-hybridized carbons (Fsp3) is 0.100. The van der Waals surface area contributed by atoms with Crippen molar-refractivity contribution in [3.05, 3.63) is 56.1 Å². The van der Waals surface area contributed by atoms with Crippen LogP contribution in [0.5, 0.6) is 11.5 Å². The van der Waals surface area contributed by atoms with Crippen LogP contribution in [0.1, 0.15) is 5.56 Å². The Bertz CT molecular complexity index is 1130. The number of carboxylic acids is 1. The number of anilines is 1. The molecule has 31 heavy (non-hydrogen) atoms. The van der Waals surface area contributed by atoms with Gasteiger partial charge in [-0.2, -0.15) is 0 Å². The van der Waals surface area contributed by atoms with Crippen molar-refractivity contribution in [1.82, 2.24) is 5.32 Å². The van der Waals surface area contributed by atoms with Crippen LogP contribution in [-0.2, 0) is 14.4 Å². The highest BCUT2D eigenvalue weighted by Gasteiger charge is 2.37. The number of benzene rings is 2. The number of imide groups is 2. The van der Waals surface area contributed by atoms with Crippen molar-refractivity contribution in [2.75, 3.05) is 18.6 Å². The summed E-state index contributed by atoms with van der Waals surface area (Å²) in [6.45, 7) is -0.565. The lowest BCUT2D eigenvalue weighted by atomic mass is 10.1. The maximum absolute atomic E-state index is 13.0. The monoisotopic (exact) mass is 556 g/mol. The van der Waals surface area contributed by atoms with Gasteiger partial charge in [-0.25, -0.2) is 14.5 Å². The molecule has 3 rings (SSSR count). The highest BCUT2D eigenvalue weighted by molar-refractivity contribution is 14.1. The molecule has 1 heterocycles. The Kier molecular flexibility index (Phi) is 6.81. The van der Waals surface area contributed by atoms with Gasteiger partial charge in [0.25, 0.3) is 11.8 Å². The number of urea groups is 1. The lowest BCUT2D eigenvalue weighted by Crippen LogP contribution is -2.54. The third-order valence-electron chi connectivity index (χ3n) is 4.07. The molecule has 1 fully saturated rings. The van der Waals surface area contributed by atoms with Crippen LogP contribution in [0, 0.1) is 3.57 Å². The summed E-state index contributed by atoms with van der Waals surface area (Å²) >= 11 is 7.87. The van der Waals surface area contributed by atoms with E-state index in [1.807, 2.05) is 22.6 Å². The first-order valence-corrected chi connectivity index (χ1v) is 10.1. The van der Waals surface area contributed by atoms with Gasteiger partial charge in [0, 0.05) is 5.02 Å². The number of carbonyl (C=O) groups is 4. The van der Waals surface area contributed by atoms with Crippen molar-refractivity contribution in [2.45, 2.75) is 0 Å². The summed E-state index contributed by atoms with van der Waals surface area (Å²) < 4.78 is 11.0. The van der Waals surface area contributed by atoms with Crippen LogP contribution in [0.3, 0.4) is 0 Å². The standard InChI is InChI=1S/C20H14ClIN2O7/c1-30-15-7-10(6-14(22)17(15)31-9-16(25)26)5-13-18(27)23-20(29)24(19(13)28)12-4-2-3-11(21)8-12/h2-8H,9H2,1H3,(H,25,26)(H,23,27,29)/b13-5+. The van der Waals surface area contributed by atoms with Gasteiger partial charge in [-0.15, -0.1) is 0 Å². The molecule has 2 aromatic rings. The number of hydrogen-bond acceptors (Lipinski definition) is 6. The van der Waals surface area contributed by atoms with Crippen molar-refractivity contribution >= 4 is 69.8 Å². The fourth-order valence-electron chi connectivity index (χ4n) is 2.77. The van der Waals surface area contributed by atoms with E-state index in [-0.39, 0.29) is 22.8 Å². The molecule has 0 radical (unpaired) electrons. The van der Waals surface area contributed by atoms with Crippen LogP contribution in [0.25, 0.3) is 6.08 Å². The van der Waals surface area contributed by atoms with E-state index < -0.39 is 30.4 Å². The number of ether oxygens (including phenoxy) is 2. The Labute approximate surface area is 194 Å². The normalized spacial score (nSPS) is 15.1. The number of aliphatic carboxylic acids is 1. The summed E-state index contributed by atoms with van der Waals surface area (Å²) in [5, 5.41) is 11.3. The number of halogens is 2. The predicted octanol–water partition coefficient (Wildman–Crippen LogP) is 3.08. The summed E-state index contributed by atoms with van der Waals surface area (Å²) in [5.41, 5.74) is 0.331. The van der Waals surface area contributed by atoms with Crippen LogP contribution in [-0.4, -0.2) is 42.6 Å². The molecule has 0 spiro atoms. The molecule has 1 saturated heterocycles. The topological polar surface area (TPSA) is 122 Å². The molecule has 0 atom stereocenters. The van der Waals surface area contributed by atoms with E-state index in [0.717, 1.165) is 4.90 Å². The summed E-state index contributed by atoms with van der Waals surface area (Å²) in [4.78, 5) is 49.2. The molecule has 11 heteroatoms. The van der Waals surface area contributed by atoms with Crippen molar-refractivity contribution in [3.8, 4) is 11.5 Å². The van der Waals surface area contributed by atoms with Crippen LogP contribution < -0.4 is 19.7 Å². The average molecular weight is 557 g/mol. The first-order valence-electron chi connectivity index (χ1n) is 8.60. The lowest BCUT2D eigenvalue weighted by molar-refractivity contribution is -0.139. The average Bonchev–Trinajstić information content (AvgIpc) is 2.69. The third-order valence-corrected chi connectivity index (χ3v) is 5.11. The van der Waals surface area contributed by atoms with Crippen molar-refractivity contribution in [1.29, 1.82) is 0 Å². The number of hydrogen-bond donors (Lipinski definition) is 2. The Morgan fingerprint density at radius 1 is 1.26 bits per heavy atom. The van der Waals surface area contributed by atoms with Crippen LogP contribution in [0.4, 0.5) is 10.5 Å². The first-order chi connectivity index (χ1) is 14.7. The van der Waals surface area contributed by atoms with Crippen molar-refractivity contribution in [3.63, 3.8) is 0 Å². The number of methoxy groups -OCH3 is 1. The van der Waals surface area contributed by atoms with Gasteiger partial charge in [-0.1, -0.05) is 17.7 Å². The zero-order chi connectivity index (χ0) is 22.7. The van der Waals surface area contributed by atoms with Gasteiger partial charge in [0.15, 0.2) is 18.1 Å². The zero-order valence-corrected chi connectivity index (χ0v) is 18.8. The second-order valence-corrected chi connectivity index (χ2v) is 7.75. The van der Waals surface area contributed by atoms with E-state index in [1.54, 1.807) is 18.2 Å². The predicted molar refractivity (Wildman–Crippen MR) is 119 cm³/mol. The minimum absolute atomic E-state index is 0.206. The van der Waals surface area contributed by atoms with E-state index in [4.69, 9.17) is 26.2 Å². The minimum atomic E-state index is -1.15. The zero-order valence-electron chi connectivity index (χ0n) is 15.8. The SMILES string of the molecule is COc1cc(/C=C2\C(=O)NC(=O)N(c3cccc(Cl)c3)C2=O)cc(I)c1OCC(=O)O. The van der Waals surface area contributed by atoms with E-state index >= 15 is 0 Å². The van der Waals surface area contributed by atoms with Crippen LogP contribution in [0.15, 0.2) is 42.0 Å². The molecule has 2 N–H and O–H groups in total. The van der Waals surface area contributed by atoms with Crippen molar-refractivity contribution < 1.29 is 33.8 Å². The molecule has 1 aliphatic heterocycles. The van der Waals surface area contributed by atoms with Gasteiger partial charge in [0.05, 0.1) is 16.4 Å². The van der Waals surface area contributed by atoms with Gasteiger partial charge in [-0.05, 0) is 64.6 Å². The molecule has 4 amide bonds. The third kappa shape index (κ3) is 4.97. The molecular weight excluding hydrogens is 543 g/mol. The molecular formula is C20H14ClIN2O7. The number of barbiturate groups is 1. The van der Waals surface area contributed by atoms with E-state index in [1.165, 1.54) is 31.4 Å². The number of nitrogens with one attached hydrogen (secondary N) is 1. The molecule has 1 aliphatic rings. The quantitative estimate of drug-likeness (QED) is 0.319. The number of rotatable bonds is 6. The highest BCUT2D eigenvalue weighted by atomic mass is 127. The number of nitrogens with zero attached hydrogens (tertiary/aromatic N) is 1. The highest BCUT2D eigenvalue weighted by Crippen LogP contribution is 2.35. The lowest BCUT2D eigenvalue weighted by Gasteiger charge is -2.26. The first kappa shape index (κ1) is 22.6. The van der Waals surface area contributed by atoms with Gasteiger partial charge >= 0.3 is 12.0 Å². The van der Waals surface area contributed by atoms with E-state index in [2.05, 4.69) is 5.32 Å². The summed E-state index contributed by atoms with van der Waals surface area (Å²) in [5.74, 6) is -2.40. The summed E-state index contributed by atoms with van der Waals surface area (Å²) in [7, 11) is 1.37. The fourth-order valence-corrected chi connectivity index (χ4v) is 3.74. The van der Waals surface area contributed by atoms with Gasteiger partial charge < -0.3 is 14.6 Å². The smallest absolute Gasteiger partial charge is 0.341 e.